The highest BCUT2D eigenvalue weighted by molar-refractivity contribution is 5.92. The zero-order chi connectivity index (χ0) is 23.3. The summed E-state index contributed by atoms with van der Waals surface area (Å²) in [6.45, 7) is 13.2. The van der Waals surface area contributed by atoms with Gasteiger partial charge in [0, 0.05) is 28.7 Å². The van der Waals surface area contributed by atoms with Crippen LogP contribution in [0.5, 0.6) is 0 Å². The van der Waals surface area contributed by atoms with E-state index in [1.807, 2.05) is 18.4 Å². The molecule has 5 rings (SSSR count). The SMILES string of the molecule is Cc1cc(-c2[nH]c3ccc(C4CCN(CC(C)(C)O)CC4)cc3c2C(C)C)cc2ncnn12. The van der Waals surface area contributed by atoms with E-state index < -0.39 is 5.60 Å². The molecule has 0 radical (unpaired) electrons. The Hall–Kier alpha value is -2.70. The normalized spacial score (nSPS) is 16.5. The van der Waals surface area contributed by atoms with Crippen molar-refractivity contribution in [1.29, 1.82) is 0 Å². The third kappa shape index (κ3) is 4.30. The van der Waals surface area contributed by atoms with E-state index in [1.54, 1.807) is 6.33 Å². The molecule has 0 unspecified atom stereocenters. The van der Waals surface area contributed by atoms with Crippen LogP contribution in [0.3, 0.4) is 0 Å². The zero-order valence-corrected chi connectivity index (χ0v) is 20.4. The Labute approximate surface area is 195 Å². The van der Waals surface area contributed by atoms with Crippen molar-refractivity contribution in [2.45, 2.75) is 64.9 Å². The van der Waals surface area contributed by atoms with Crippen LogP contribution < -0.4 is 0 Å². The van der Waals surface area contributed by atoms with Crippen molar-refractivity contribution in [2.75, 3.05) is 19.6 Å². The molecule has 1 aliphatic heterocycles. The fourth-order valence-electron chi connectivity index (χ4n) is 5.52. The number of fused-ring (bicyclic) bond motifs is 2. The van der Waals surface area contributed by atoms with E-state index in [0.29, 0.717) is 11.8 Å². The maximum Gasteiger partial charge on any atom is 0.156 e. The lowest BCUT2D eigenvalue weighted by Crippen LogP contribution is -2.42. The molecule has 3 aromatic heterocycles. The van der Waals surface area contributed by atoms with E-state index >= 15 is 0 Å². The minimum absolute atomic E-state index is 0.395. The zero-order valence-electron chi connectivity index (χ0n) is 20.4. The number of pyridine rings is 1. The first-order valence-corrected chi connectivity index (χ1v) is 12.1. The largest absolute Gasteiger partial charge is 0.389 e. The molecule has 4 aromatic rings. The molecule has 0 spiro atoms. The Morgan fingerprint density at radius 3 is 2.61 bits per heavy atom. The van der Waals surface area contributed by atoms with Crippen LogP contribution >= 0.6 is 0 Å². The monoisotopic (exact) mass is 445 g/mol. The van der Waals surface area contributed by atoms with Gasteiger partial charge in [-0.3, -0.25) is 0 Å². The molecule has 6 heteroatoms. The van der Waals surface area contributed by atoms with Crippen molar-refractivity contribution in [1.82, 2.24) is 24.5 Å². The molecule has 0 atom stereocenters. The molecule has 1 fully saturated rings. The van der Waals surface area contributed by atoms with Crippen LogP contribution in [-0.2, 0) is 0 Å². The van der Waals surface area contributed by atoms with E-state index in [9.17, 15) is 5.11 Å². The Balaban J connectivity index is 1.49. The van der Waals surface area contributed by atoms with Gasteiger partial charge in [-0.25, -0.2) is 9.50 Å². The fourth-order valence-corrected chi connectivity index (χ4v) is 5.52. The number of nitrogens with zero attached hydrogens (tertiary/aromatic N) is 4. The van der Waals surface area contributed by atoms with Gasteiger partial charge in [-0.1, -0.05) is 19.9 Å². The van der Waals surface area contributed by atoms with Gasteiger partial charge >= 0.3 is 0 Å². The summed E-state index contributed by atoms with van der Waals surface area (Å²) >= 11 is 0. The number of β-amino-alcohol motifs (C(OH)–C–C–N with tert-alkyl or cyclic N) is 1. The predicted octanol–water partition coefficient (Wildman–Crippen LogP) is 5.26. The van der Waals surface area contributed by atoms with E-state index in [-0.39, 0.29) is 0 Å². The van der Waals surface area contributed by atoms with Crippen LogP contribution in [0.4, 0.5) is 0 Å². The quantitative estimate of drug-likeness (QED) is 0.440. The average Bonchev–Trinajstić information content (AvgIpc) is 3.37. The molecule has 6 nitrogen and oxygen atoms in total. The summed E-state index contributed by atoms with van der Waals surface area (Å²) in [5.41, 5.74) is 7.66. The molecule has 0 bridgehead atoms. The molecule has 1 aliphatic rings. The molecule has 174 valence electrons. The molecular weight excluding hydrogens is 410 g/mol. The maximum atomic E-state index is 10.2. The van der Waals surface area contributed by atoms with Crippen molar-refractivity contribution >= 4 is 16.6 Å². The van der Waals surface area contributed by atoms with E-state index in [2.05, 4.69) is 71.1 Å². The van der Waals surface area contributed by atoms with Gasteiger partial charge in [0.1, 0.15) is 6.33 Å². The second-order valence-electron chi connectivity index (χ2n) is 10.7. The number of hydrogen-bond donors (Lipinski definition) is 2. The van der Waals surface area contributed by atoms with E-state index in [1.165, 1.54) is 27.7 Å². The van der Waals surface area contributed by atoms with E-state index in [4.69, 9.17) is 0 Å². The van der Waals surface area contributed by atoms with Crippen LogP contribution in [0, 0.1) is 6.92 Å². The molecule has 1 saturated heterocycles. The Morgan fingerprint density at radius 1 is 1.15 bits per heavy atom. The molecule has 1 aromatic carbocycles. The second kappa shape index (κ2) is 8.26. The number of aromatic amines is 1. The van der Waals surface area contributed by atoms with Gasteiger partial charge in [-0.05, 0) is 93.9 Å². The lowest BCUT2D eigenvalue weighted by Gasteiger charge is -2.35. The summed E-state index contributed by atoms with van der Waals surface area (Å²) in [5, 5.41) is 15.8. The standard InChI is InChI=1S/C27H35N5O/c1-17(2)25-22-13-20(19-8-10-31(11-9-19)15-27(4,5)33)6-7-23(22)30-26(25)21-12-18(3)32-24(14-21)28-16-29-32/h6-7,12-14,16-17,19,30,33H,8-11,15H2,1-5H3. The average molecular weight is 446 g/mol. The molecule has 0 aliphatic carbocycles. The predicted molar refractivity (Wildman–Crippen MR) is 134 cm³/mol. The summed E-state index contributed by atoms with van der Waals surface area (Å²) in [5.74, 6) is 0.965. The summed E-state index contributed by atoms with van der Waals surface area (Å²) in [6, 6.07) is 11.3. The van der Waals surface area contributed by atoms with Crippen molar-refractivity contribution in [3.8, 4) is 11.3 Å². The molecular formula is C27H35N5O. The lowest BCUT2D eigenvalue weighted by molar-refractivity contribution is 0.0282. The molecule has 2 N–H and O–H groups in total. The van der Waals surface area contributed by atoms with Gasteiger partial charge in [0.25, 0.3) is 0 Å². The van der Waals surface area contributed by atoms with Crippen LogP contribution in [0.2, 0.25) is 0 Å². The van der Waals surface area contributed by atoms with Crippen LogP contribution in [0.15, 0.2) is 36.7 Å². The minimum Gasteiger partial charge on any atom is -0.389 e. The van der Waals surface area contributed by atoms with Crippen molar-refractivity contribution < 1.29 is 5.11 Å². The number of benzene rings is 1. The number of H-pyrrole nitrogens is 1. The van der Waals surface area contributed by atoms with Gasteiger partial charge in [-0.15, -0.1) is 0 Å². The van der Waals surface area contributed by atoms with Crippen molar-refractivity contribution in [2.24, 2.45) is 0 Å². The van der Waals surface area contributed by atoms with Crippen molar-refractivity contribution in [3.63, 3.8) is 0 Å². The first kappa shape index (κ1) is 22.1. The Bertz CT molecular complexity index is 1290. The van der Waals surface area contributed by atoms with Crippen LogP contribution in [-0.4, -0.2) is 54.8 Å². The fraction of sp³-hybridized carbons (Fsp3) is 0.481. The summed E-state index contributed by atoms with van der Waals surface area (Å²) < 4.78 is 1.88. The van der Waals surface area contributed by atoms with Gasteiger partial charge in [-0.2, -0.15) is 5.10 Å². The summed E-state index contributed by atoms with van der Waals surface area (Å²) in [4.78, 5) is 10.5. The smallest absolute Gasteiger partial charge is 0.156 e. The van der Waals surface area contributed by atoms with E-state index in [0.717, 1.165) is 49.4 Å². The molecule has 0 amide bonds. The molecule has 4 heterocycles. The number of rotatable bonds is 5. The van der Waals surface area contributed by atoms with Crippen molar-refractivity contribution in [3.05, 3.63) is 53.5 Å². The summed E-state index contributed by atoms with van der Waals surface area (Å²) in [6.07, 6.45) is 3.89. The minimum atomic E-state index is -0.632. The number of aliphatic hydroxyl groups is 1. The third-order valence-electron chi connectivity index (χ3n) is 6.96. The first-order chi connectivity index (χ1) is 15.7. The lowest BCUT2D eigenvalue weighted by atomic mass is 9.87. The topological polar surface area (TPSA) is 69.5 Å². The van der Waals surface area contributed by atoms with Crippen LogP contribution in [0.25, 0.3) is 27.8 Å². The number of aryl methyl sites for hydroxylation is 1. The number of piperidine rings is 1. The highest BCUT2D eigenvalue weighted by atomic mass is 16.3. The number of aromatic nitrogens is 4. The molecule has 0 saturated carbocycles. The maximum absolute atomic E-state index is 10.2. The first-order valence-electron chi connectivity index (χ1n) is 12.1. The summed E-state index contributed by atoms with van der Waals surface area (Å²) in [7, 11) is 0. The van der Waals surface area contributed by atoms with Gasteiger partial charge in [0.15, 0.2) is 5.65 Å². The number of hydrogen-bond acceptors (Lipinski definition) is 4. The molecule has 33 heavy (non-hydrogen) atoms. The van der Waals surface area contributed by atoms with Gasteiger partial charge in [0.2, 0.25) is 0 Å². The number of nitrogens with one attached hydrogen (secondary N) is 1. The van der Waals surface area contributed by atoms with Gasteiger partial charge < -0.3 is 15.0 Å². The highest BCUT2D eigenvalue weighted by Gasteiger charge is 2.26. The third-order valence-corrected chi connectivity index (χ3v) is 6.96. The number of likely N-dealkylation sites (tertiary alicyclic amines) is 1. The Kier molecular flexibility index (Phi) is 5.53. The Morgan fingerprint density at radius 2 is 1.91 bits per heavy atom. The van der Waals surface area contributed by atoms with Crippen LogP contribution in [0.1, 0.15) is 69.2 Å². The highest BCUT2D eigenvalue weighted by Crippen LogP contribution is 2.38. The van der Waals surface area contributed by atoms with Gasteiger partial charge in [0.05, 0.1) is 11.3 Å². The second-order valence-corrected chi connectivity index (χ2v) is 10.7.